The fourth-order valence-corrected chi connectivity index (χ4v) is 2.92. The fraction of sp³-hybridized carbons (Fsp3) is 0.176. The Balaban J connectivity index is 1.65. The molecule has 112 valence electrons. The van der Waals surface area contributed by atoms with Gasteiger partial charge in [0.15, 0.2) is 0 Å². The van der Waals surface area contributed by atoms with Gasteiger partial charge in [-0.3, -0.25) is 14.5 Å². The summed E-state index contributed by atoms with van der Waals surface area (Å²) < 4.78 is 5.76. The minimum absolute atomic E-state index is 0.134. The number of nitrogens with zero attached hydrogens (tertiary/aromatic N) is 1. The third-order valence-electron chi connectivity index (χ3n) is 3.33. The minimum Gasteiger partial charge on any atom is -0.489 e. The first-order chi connectivity index (χ1) is 10.7. The van der Waals surface area contributed by atoms with Crippen molar-refractivity contribution in [1.29, 1.82) is 0 Å². The van der Waals surface area contributed by atoms with Gasteiger partial charge in [0.2, 0.25) is 5.91 Å². The van der Waals surface area contributed by atoms with Gasteiger partial charge in [0.1, 0.15) is 12.4 Å². The van der Waals surface area contributed by atoms with Crippen LogP contribution >= 0.6 is 11.8 Å². The van der Waals surface area contributed by atoms with Crippen LogP contribution in [0.2, 0.25) is 0 Å². The zero-order valence-electron chi connectivity index (χ0n) is 11.9. The van der Waals surface area contributed by atoms with E-state index in [9.17, 15) is 9.59 Å². The largest absolute Gasteiger partial charge is 0.489 e. The topological polar surface area (TPSA) is 46.6 Å². The fourth-order valence-electron chi connectivity index (χ4n) is 2.19. The zero-order chi connectivity index (χ0) is 15.4. The molecule has 1 heterocycles. The minimum atomic E-state index is -0.180. The molecule has 2 aromatic rings. The maximum absolute atomic E-state index is 11.6. The van der Waals surface area contributed by atoms with E-state index in [0.717, 1.165) is 28.6 Å². The van der Waals surface area contributed by atoms with Crippen LogP contribution in [0.15, 0.2) is 54.6 Å². The molecule has 0 spiro atoms. The summed E-state index contributed by atoms with van der Waals surface area (Å²) in [5.74, 6) is 0.835. The van der Waals surface area contributed by atoms with Crippen LogP contribution in [0.4, 0.5) is 4.79 Å². The highest BCUT2D eigenvalue weighted by atomic mass is 32.2. The molecule has 0 atom stereocenters. The molecule has 3 rings (SSSR count). The molecule has 2 aromatic carbocycles. The number of rotatable bonds is 5. The summed E-state index contributed by atoms with van der Waals surface area (Å²) in [4.78, 5) is 24.5. The second-order valence-corrected chi connectivity index (χ2v) is 5.88. The van der Waals surface area contributed by atoms with Crippen molar-refractivity contribution < 1.29 is 14.3 Å². The standard InChI is InChI=1S/C17H15NO3S/c19-16-12-22-17(20)18(16)10-14-7-4-8-15(9-14)21-11-13-5-2-1-3-6-13/h1-9H,10-12H2. The van der Waals surface area contributed by atoms with E-state index in [-0.39, 0.29) is 16.9 Å². The average Bonchev–Trinajstić information content (AvgIpc) is 2.86. The number of ether oxygens (including phenoxy) is 1. The van der Waals surface area contributed by atoms with E-state index in [4.69, 9.17) is 4.74 Å². The van der Waals surface area contributed by atoms with Crippen molar-refractivity contribution in [3.63, 3.8) is 0 Å². The zero-order valence-corrected chi connectivity index (χ0v) is 12.7. The molecule has 0 radical (unpaired) electrons. The lowest BCUT2D eigenvalue weighted by molar-refractivity contribution is -0.125. The van der Waals surface area contributed by atoms with Gasteiger partial charge in [-0.1, -0.05) is 54.2 Å². The molecule has 1 fully saturated rings. The number of thioether (sulfide) groups is 1. The highest BCUT2D eigenvalue weighted by Crippen LogP contribution is 2.23. The number of imide groups is 1. The Morgan fingerprint density at radius 1 is 1.00 bits per heavy atom. The van der Waals surface area contributed by atoms with Crippen LogP contribution in [0.3, 0.4) is 0 Å². The third-order valence-corrected chi connectivity index (χ3v) is 4.19. The van der Waals surface area contributed by atoms with Crippen molar-refractivity contribution >= 4 is 22.9 Å². The second-order valence-electron chi connectivity index (χ2n) is 4.96. The van der Waals surface area contributed by atoms with Gasteiger partial charge >= 0.3 is 0 Å². The Labute approximate surface area is 133 Å². The molecule has 1 aliphatic rings. The number of benzene rings is 2. The van der Waals surface area contributed by atoms with Gasteiger partial charge in [-0.05, 0) is 23.3 Å². The Morgan fingerprint density at radius 3 is 2.50 bits per heavy atom. The predicted octanol–water partition coefficient (Wildman–Crippen LogP) is 3.46. The first-order valence-electron chi connectivity index (χ1n) is 6.95. The van der Waals surface area contributed by atoms with Gasteiger partial charge in [-0.25, -0.2) is 0 Å². The molecule has 2 amide bonds. The van der Waals surface area contributed by atoms with Crippen LogP contribution in [-0.4, -0.2) is 21.8 Å². The normalized spacial score (nSPS) is 14.5. The van der Waals surface area contributed by atoms with Gasteiger partial charge in [-0.15, -0.1) is 0 Å². The van der Waals surface area contributed by atoms with Gasteiger partial charge in [0.05, 0.1) is 12.3 Å². The highest BCUT2D eigenvalue weighted by Gasteiger charge is 2.29. The summed E-state index contributed by atoms with van der Waals surface area (Å²) in [6.07, 6.45) is 0. The number of carbonyl (C=O) groups is 2. The Kier molecular flexibility index (Phi) is 4.44. The molecule has 5 heteroatoms. The summed E-state index contributed by atoms with van der Waals surface area (Å²) in [6.45, 7) is 0.787. The van der Waals surface area contributed by atoms with Gasteiger partial charge in [-0.2, -0.15) is 0 Å². The van der Waals surface area contributed by atoms with Crippen molar-refractivity contribution in [1.82, 2.24) is 4.90 Å². The van der Waals surface area contributed by atoms with Crippen LogP contribution < -0.4 is 4.74 Å². The molecule has 0 aromatic heterocycles. The lowest BCUT2D eigenvalue weighted by atomic mass is 10.2. The highest BCUT2D eigenvalue weighted by molar-refractivity contribution is 8.14. The Bertz CT molecular complexity index is 671. The molecule has 22 heavy (non-hydrogen) atoms. The summed E-state index contributed by atoms with van der Waals surface area (Å²) >= 11 is 1.05. The van der Waals surface area contributed by atoms with Crippen LogP contribution in [-0.2, 0) is 17.9 Å². The maximum atomic E-state index is 11.6. The van der Waals surface area contributed by atoms with E-state index in [1.165, 1.54) is 4.90 Å². The summed E-state index contributed by atoms with van der Waals surface area (Å²) in [5.41, 5.74) is 1.98. The Hall–Kier alpha value is -2.27. The molecule has 0 aliphatic carbocycles. The summed E-state index contributed by atoms with van der Waals surface area (Å²) in [6, 6.07) is 17.4. The number of hydrogen-bond donors (Lipinski definition) is 0. The van der Waals surface area contributed by atoms with E-state index < -0.39 is 0 Å². The average molecular weight is 313 g/mol. The Morgan fingerprint density at radius 2 is 1.77 bits per heavy atom. The second kappa shape index (κ2) is 6.66. The van der Waals surface area contributed by atoms with E-state index >= 15 is 0 Å². The molecule has 0 unspecified atom stereocenters. The van der Waals surface area contributed by atoms with E-state index in [1.807, 2.05) is 54.6 Å². The number of amides is 2. The van der Waals surface area contributed by atoms with E-state index in [1.54, 1.807) is 0 Å². The van der Waals surface area contributed by atoms with Crippen LogP contribution in [0, 0.1) is 0 Å². The summed E-state index contributed by atoms with van der Waals surface area (Å²) in [7, 11) is 0. The van der Waals surface area contributed by atoms with Crippen molar-refractivity contribution in [2.75, 3.05) is 5.75 Å². The van der Waals surface area contributed by atoms with Crippen LogP contribution in [0.1, 0.15) is 11.1 Å². The molecule has 0 saturated carbocycles. The molecular weight excluding hydrogens is 298 g/mol. The predicted molar refractivity (Wildman–Crippen MR) is 85.6 cm³/mol. The summed E-state index contributed by atoms with van der Waals surface area (Å²) in [5, 5.41) is -0.180. The lowest BCUT2D eigenvalue weighted by Crippen LogP contribution is -2.27. The van der Waals surface area contributed by atoms with Crippen molar-refractivity contribution in [2.45, 2.75) is 13.2 Å². The van der Waals surface area contributed by atoms with Crippen LogP contribution in [0.5, 0.6) is 5.75 Å². The first-order valence-corrected chi connectivity index (χ1v) is 7.94. The monoisotopic (exact) mass is 313 g/mol. The smallest absolute Gasteiger partial charge is 0.289 e. The third kappa shape index (κ3) is 3.49. The van der Waals surface area contributed by atoms with Crippen molar-refractivity contribution in [3.8, 4) is 5.75 Å². The number of carbonyl (C=O) groups excluding carboxylic acids is 2. The van der Waals surface area contributed by atoms with Gasteiger partial charge in [0.25, 0.3) is 5.24 Å². The quantitative estimate of drug-likeness (QED) is 0.848. The number of hydrogen-bond acceptors (Lipinski definition) is 4. The molecule has 4 nitrogen and oxygen atoms in total. The van der Waals surface area contributed by atoms with Crippen LogP contribution in [0.25, 0.3) is 0 Å². The lowest BCUT2D eigenvalue weighted by Gasteiger charge is -2.14. The molecular formula is C17H15NO3S. The van der Waals surface area contributed by atoms with Crippen molar-refractivity contribution in [2.24, 2.45) is 0 Å². The first kappa shape index (κ1) is 14.7. The molecule has 0 N–H and O–H groups in total. The van der Waals surface area contributed by atoms with Crippen molar-refractivity contribution in [3.05, 3.63) is 65.7 Å². The maximum Gasteiger partial charge on any atom is 0.289 e. The molecule has 1 saturated heterocycles. The van der Waals surface area contributed by atoms with Gasteiger partial charge in [0, 0.05) is 0 Å². The molecule has 1 aliphatic heterocycles. The van der Waals surface area contributed by atoms with E-state index in [2.05, 4.69) is 0 Å². The van der Waals surface area contributed by atoms with Gasteiger partial charge < -0.3 is 4.74 Å². The SMILES string of the molecule is O=C1CSC(=O)N1Cc1cccc(OCc2ccccc2)c1. The van der Waals surface area contributed by atoms with E-state index in [0.29, 0.717) is 13.2 Å². The molecule has 0 bridgehead atoms.